The van der Waals surface area contributed by atoms with Gasteiger partial charge in [0.2, 0.25) is 0 Å². The summed E-state index contributed by atoms with van der Waals surface area (Å²) < 4.78 is 36.6. The minimum atomic E-state index is -0.796. The Morgan fingerprint density at radius 2 is 1.83 bits per heavy atom. The van der Waals surface area contributed by atoms with E-state index in [1.54, 1.807) is 27.9 Å². The Bertz CT molecular complexity index is 2020. The molecule has 0 bridgehead atoms. The van der Waals surface area contributed by atoms with Crippen molar-refractivity contribution in [3.05, 3.63) is 41.7 Å². The van der Waals surface area contributed by atoms with Gasteiger partial charge in [0, 0.05) is 99.6 Å². The number of piperazine rings is 1. The summed E-state index contributed by atoms with van der Waals surface area (Å²) >= 11 is 0. The lowest BCUT2D eigenvalue weighted by Gasteiger charge is -2.58. The number of aryl methyl sites for hydroxylation is 1. The maximum absolute atomic E-state index is 13.0. The number of carbonyl (C=O) groups excluding carboxylic acids is 2. The first-order chi connectivity index (χ1) is 30.1. The number of hydrogen-bond acceptors (Lipinski definition) is 13. The van der Waals surface area contributed by atoms with Gasteiger partial charge in [-0.05, 0) is 95.7 Å². The van der Waals surface area contributed by atoms with Crippen LogP contribution in [0.15, 0.2) is 30.5 Å². The van der Waals surface area contributed by atoms with Crippen LogP contribution in [0.25, 0.3) is 22.2 Å². The molecule has 0 aliphatic carbocycles. The second-order valence-corrected chi connectivity index (χ2v) is 20.0. The van der Waals surface area contributed by atoms with Crippen molar-refractivity contribution in [2.45, 2.75) is 105 Å². The normalized spacial score (nSPS) is 18.5. The minimum absolute atomic E-state index is 0.0730. The number of rotatable bonds is 22. The first kappa shape index (κ1) is 48.8. The molecule has 3 saturated heterocycles. The molecule has 3 unspecified atom stereocenters. The van der Waals surface area contributed by atoms with E-state index in [0.717, 1.165) is 103 Å². The lowest BCUT2D eigenvalue weighted by molar-refractivity contribution is -0.200. The van der Waals surface area contributed by atoms with Gasteiger partial charge in [0.25, 0.3) is 0 Å². The van der Waals surface area contributed by atoms with Crippen LogP contribution in [0.2, 0.25) is 0 Å². The third kappa shape index (κ3) is 11.6. The van der Waals surface area contributed by atoms with Crippen LogP contribution in [0.5, 0.6) is 0 Å². The van der Waals surface area contributed by atoms with Gasteiger partial charge in [-0.15, -0.1) is 0 Å². The van der Waals surface area contributed by atoms with E-state index in [1.165, 1.54) is 0 Å². The van der Waals surface area contributed by atoms with Crippen molar-refractivity contribution in [3.8, 4) is 11.3 Å². The molecule has 16 heteroatoms. The molecule has 1 aromatic carbocycles. The molecule has 0 radical (unpaired) electrons. The molecule has 1 spiro atoms. The summed E-state index contributed by atoms with van der Waals surface area (Å²) in [6.07, 6.45) is 4.20. The SMILES string of the molecule is CCCN1CCN(c2cnc(C(C)OC)c(-c3c(CC(C)(C)COP=O)c4cc(N(CCO)CCC(C(C=O)NC(=O)OC(C)(C)C)N5CC6(COC6)C5)ccc4n3CC)c2)CC1. The number of benzene rings is 1. The zero-order chi connectivity index (χ0) is 45.5. The summed E-state index contributed by atoms with van der Waals surface area (Å²) in [5, 5.41) is 14.4. The molecule has 3 atom stereocenters. The fraction of sp³-hybridized carbons (Fsp3) is 0.681. The number of aliphatic hydroxyl groups excluding tert-OH is 1. The molecule has 0 saturated carbocycles. The van der Waals surface area contributed by atoms with Gasteiger partial charge in [0.1, 0.15) is 17.9 Å². The number of amides is 1. The van der Waals surface area contributed by atoms with Gasteiger partial charge in [-0.2, -0.15) is 0 Å². The molecule has 3 aliphatic rings. The molecule has 3 aliphatic heterocycles. The van der Waals surface area contributed by atoms with Crippen LogP contribution in [0.4, 0.5) is 16.2 Å². The number of hydrogen-bond donors (Lipinski definition) is 2. The number of aldehydes is 1. The Morgan fingerprint density at radius 3 is 2.41 bits per heavy atom. The number of nitrogens with zero attached hydrogens (tertiary/aromatic N) is 6. The van der Waals surface area contributed by atoms with Gasteiger partial charge in [0.05, 0.1) is 55.8 Å². The maximum Gasteiger partial charge on any atom is 0.408 e. The van der Waals surface area contributed by atoms with E-state index >= 15 is 0 Å². The van der Waals surface area contributed by atoms with Crippen molar-refractivity contribution < 1.29 is 38.0 Å². The lowest BCUT2D eigenvalue weighted by atomic mass is 9.76. The number of aliphatic hydroxyl groups is 1. The molecule has 1 amide bonds. The van der Waals surface area contributed by atoms with E-state index in [0.29, 0.717) is 45.7 Å². The van der Waals surface area contributed by atoms with E-state index in [-0.39, 0.29) is 39.5 Å². The van der Waals surface area contributed by atoms with Gasteiger partial charge < -0.3 is 43.8 Å². The van der Waals surface area contributed by atoms with Crippen molar-refractivity contribution >= 4 is 43.3 Å². The van der Waals surface area contributed by atoms with Gasteiger partial charge in [0.15, 0.2) is 0 Å². The molecular weight excluding hydrogens is 822 g/mol. The molecule has 3 fully saturated rings. The highest BCUT2D eigenvalue weighted by Crippen LogP contribution is 2.44. The van der Waals surface area contributed by atoms with Crippen LogP contribution in [-0.4, -0.2) is 147 Å². The number of likely N-dealkylation sites (tertiary alicyclic amines) is 1. The highest BCUT2D eigenvalue weighted by atomic mass is 31.1. The molecule has 2 N–H and O–H groups in total. The first-order valence-electron chi connectivity index (χ1n) is 22.8. The summed E-state index contributed by atoms with van der Waals surface area (Å²) in [6, 6.07) is 7.70. The summed E-state index contributed by atoms with van der Waals surface area (Å²) in [4.78, 5) is 40.2. The zero-order valence-corrected chi connectivity index (χ0v) is 40.0. The van der Waals surface area contributed by atoms with Crippen molar-refractivity contribution in [1.82, 2.24) is 24.7 Å². The number of fused-ring (bicyclic) bond motifs is 1. The van der Waals surface area contributed by atoms with Crippen molar-refractivity contribution in [2.24, 2.45) is 10.8 Å². The van der Waals surface area contributed by atoms with Crippen LogP contribution in [0.1, 0.15) is 85.6 Å². The maximum atomic E-state index is 13.0. The van der Waals surface area contributed by atoms with E-state index in [9.17, 15) is 19.3 Å². The molecule has 6 rings (SSSR count). The average molecular weight is 894 g/mol. The number of anilines is 2. The quantitative estimate of drug-likeness (QED) is 0.0811. The van der Waals surface area contributed by atoms with Crippen LogP contribution in [0, 0.1) is 10.8 Å². The average Bonchev–Trinajstić information content (AvgIpc) is 3.52. The molecule has 348 valence electrons. The predicted molar refractivity (Wildman–Crippen MR) is 248 cm³/mol. The third-order valence-electron chi connectivity index (χ3n) is 12.8. The van der Waals surface area contributed by atoms with Crippen molar-refractivity contribution in [1.29, 1.82) is 0 Å². The third-order valence-corrected chi connectivity index (χ3v) is 13.1. The second-order valence-electron chi connectivity index (χ2n) is 19.6. The van der Waals surface area contributed by atoms with Gasteiger partial charge >= 0.3 is 14.8 Å². The topological polar surface area (TPSA) is 151 Å². The standard InChI is InChI=1S/C47H72N7O8P/c1-10-15-50-17-19-52(20-18-50)35-24-37(42(48-26-35)33(3)59-9)43-38(25-46(7,8)30-61-63-58)36-23-34(12-13-40(36)54(43)11-2)51(21-22-55)16-14-41(53-28-47(29-53)31-60-32-47)39(27-56)49-44(57)62-45(4,5)6/h12-13,23-24,26-27,33,39,41,55H,10-11,14-22,25,28-32H2,1-9H3,(H,49,57). The number of nitrogens with one attached hydrogen (secondary N) is 1. The van der Waals surface area contributed by atoms with Crippen molar-refractivity contribution in [2.75, 3.05) is 102 Å². The minimum Gasteiger partial charge on any atom is -0.444 e. The number of pyridine rings is 1. The number of aromatic nitrogens is 2. The number of alkyl carbamates (subject to hydrolysis) is 1. The molecule has 2 aromatic heterocycles. The second kappa shape index (κ2) is 21.1. The Kier molecular flexibility index (Phi) is 16.3. The molecule has 3 aromatic rings. The van der Waals surface area contributed by atoms with Crippen LogP contribution in [0.3, 0.4) is 0 Å². The summed E-state index contributed by atoms with van der Waals surface area (Å²) in [5.74, 6) is 0. The Morgan fingerprint density at radius 1 is 1.10 bits per heavy atom. The first-order valence-corrected chi connectivity index (χ1v) is 23.5. The Balaban J connectivity index is 1.41. The van der Waals surface area contributed by atoms with Gasteiger partial charge in [-0.25, -0.2) is 9.36 Å². The van der Waals surface area contributed by atoms with Gasteiger partial charge in [-0.1, -0.05) is 20.8 Å². The summed E-state index contributed by atoms with van der Waals surface area (Å²) in [5.41, 5.74) is 6.13. The fourth-order valence-corrected chi connectivity index (χ4v) is 10.0. The van der Waals surface area contributed by atoms with E-state index < -0.39 is 23.2 Å². The Labute approximate surface area is 376 Å². The fourth-order valence-electron chi connectivity index (χ4n) is 9.62. The zero-order valence-electron chi connectivity index (χ0n) is 39.2. The van der Waals surface area contributed by atoms with Gasteiger partial charge in [-0.3, -0.25) is 19.3 Å². The van der Waals surface area contributed by atoms with Crippen LogP contribution >= 0.6 is 8.69 Å². The van der Waals surface area contributed by atoms with E-state index in [1.807, 2.05) is 13.1 Å². The number of methoxy groups -OCH3 is 1. The predicted octanol–water partition coefficient (Wildman–Crippen LogP) is 6.74. The highest BCUT2D eigenvalue weighted by Gasteiger charge is 2.52. The highest BCUT2D eigenvalue weighted by molar-refractivity contribution is 7.17. The van der Waals surface area contributed by atoms with E-state index in [4.69, 9.17) is 23.7 Å². The number of carbonyl (C=O) groups is 2. The van der Waals surface area contributed by atoms with Crippen LogP contribution < -0.4 is 15.1 Å². The Hall–Kier alpha value is -3.69. The lowest BCUT2D eigenvalue weighted by Crippen LogP contribution is -2.71. The smallest absolute Gasteiger partial charge is 0.408 e. The molecule has 15 nitrogen and oxygen atoms in total. The molecule has 63 heavy (non-hydrogen) atoms. The summed E-state index contributed by atoms with van der Waals surface area (Å²) in [6.45, 7) is 25.8. The largest absolute Gasteiger partial charge is 0.444 e. The van der Waals surface area contributed by atoms with E-state index in [2.05, 4.69) is 81.4 Å². The number of ether oxygens (including phenoxy) is 3. The summed E-state index contributed by atoms with van der Waals surface area (Å²) in [7, 11) is 1.36. The van der Waals surface area contributed by atoms with Crippen molar-refractivity contribution in [3.63, 3.8) is 0 Å². The monoisotopic (exact) mass is 894 g/mol. The molecular formula is C47H72N7O8P. The molecule has 5 heterocycles. The van der Waals surface area contributed by atoms with Crippen LogP contribution in [-0.2, 0) is 41.1 Å².